The van der Waals surface area contributed by atoms with E-state index in [4.69, 9.17) is 10.5 Å². The van der Waals surface area contributed by atoms with Crippen molar-refractivity contribution in [2.45, 2.75) is 0 Å². The van der Waals surface area contributed by atoms with Crippen LogP contribution in [0.5, 0.6) is 11.5 Å². The molecule has 4 N–H and O–H groups in total. The first-order valence-electron chi connectivity index (χ1n) is 7.73. The lowest BCUT2D eigenvalue weighted by molar-refractivity contribution is 0.0960. The lowest BCUT2D eigenvalue weighted by atomic mass is 10.2. The Bertz CT molecular complexity index is 949. The van der Waals surface area contributed by atoms with E-state index in [0.717, 1.165) is 16.2 Å². The van der Waals surface area contributed by atoms with Crippen molar-refractivity contribution in [2.75, 3.05) is 12.8 Å². The lowest BCUT2D eigenvalue weighted by Crippen LogP contribution is -2.17. The molecule has 0 unspecified atom stereocenters. The molecular weight excluding hydrogens is 350 g/mol. The molecule has 3 rings (SSSR count). The number of aromatic hydroxyl groups is 1. The Labute approximate surface area is 154 Å². The number of nitrogens with zero attached hydrogens (tertiary/aromatic N) is 1. The first kappa shape index (κ1) is 17.5. The predicted molar refractivity (Wildman–Crippen MR) is 104 cm³/mol. The Morgan fingerprint density at radius 2 is 2.00 bits per heavy atom. The number of phenols is 1. The largest absolute Gasteiger partial charge is 0.508 e. The molecule has 0 radical (unpaired) electrons. The summed E-state index contributed by atoms with van der Waals surface area (Å²) in [5.41, 5.74) is 10.4. The van der Waals surface area contributed by atoms with Crippen LogP contribution in [0.15, 0.2) is 59.7 Å². The molecule has 7 heteroatoms. The molecule has 1 aromatic heterocycles. The van der Waals surface area contributed by atoms with E-state index in [0.29, 0.717) is 16.1 Å². The van der Waals surface area contributed by atoms with E-state index in [2.05, 4.69) is 10.5 Å². The van der Waals surface area contributed by atoms with Crippen LogP contribution in [0.3, 0.4) is 0 Å². The number of nitrogens with two attached hydrogens (primary N) is 1. The minimum atomic E-state index is -0.385. The normalized spacial score (nSPS) is 10.8. The lowest BCUT2D eigenvalue weighted by Gasteiger charge is -2.00. The first-order valence-corrected chi connectivity index (χ1v) is 8.54. The van der Waals surface area contributed by atoms with E-state index >= 15 is 0 Å². The summed E-state index contributed by atoms with van der Waals surface area (Å²) in [5, 5.41) is 13.3. The second-order valence-electron chi connectivity index (χ2n) is 5.42. The maximum absolute atomic E-state index is 12.3. The van der Waals surface area contributed by atoms with Crippen LogP contribution < -0.4 is 15.9 Å². The van der Waals surface area contributed by atoms with Crippen molar-refractivity contribution in [1.82, 2.24) is 5.43 Å². The van der Waals surface area contributed by atoms with Gasteiger partial charge in [-0.1, -0.05) is 12.1 Å². The zero-order valence-electron chi connectivity index (χ0n) is 14.0. The monoisotopic (exact) mass is 367 g/mol. The number of benzene rings is 2. The second-order valence-corrected chi connectivity index (χ2v) is 6.47. The van der Waals surface area contributed by atoms with Crippen molar-refractivity contribution in [3.63, 3.8) is 0 Å². The molecule has 0 atom stereocenters. The van der Waals surface area contributed by atoms with Crippen LogP contribution in [0.25, 0.3) is 10.4 Å². The fourth-order valence-electron chi connectivity index (χ4n) is 2.30. The molecular formula is C19H17N3O3S. The van der Waals surface area contributed by atoms with Gasteiger partial charge in [0.2, 0.25) is 0 Å². The number of nitrogens with one attached hydrogen (secondary N) is 1. The Balaban J connectivity index is 1.72. The number of hydrazone groups is 1. The molecule has 0 fully saturated rings. The van der Waals surface area contributed by atoms with Gasteiger partial charge in [0.05, 0.1) is 19.0 Å². The second kappa shape index (κ2) is 7.71. The van der Waals surface area contributed by atoms with Crippen molar-refractivity contribution < 1.29 is 14.6 Å². The van der Waals surface area contributed by atoms with Crippen LogP contribution in [0.2, 0.25) is 0 Å². The molecule has 0 saturated heterocycles. The number of carbonyl (C=O) groups is 1. The van der Waals surface area contributed by atoms with Crippen LogP contribution in [0, 0.1) is 0 Å². The van der Waals surface area contributed by atoms with E-state index in [-0.39, 0.29) is 11.7 Å². The van der Waals surface area contributed by atoms with E-state index < -0.39 is 0 Å². The third-order valence-corrected chi connectivity index (χ3v) is 4.79. The number of ether oxygens (including phenoxy) is 1. The van der Waals surface area contributed by atoms with Gasteiger partial charge in [0.15, 0.2) is 0 Å². The van der Waals surface area contributed by atoms with E-state index in [1.165, 1.54) is 23.6 Å². The van der Waals surface area contributed by atoms with Crippen molar-refractivity contribution in [3.05, 3.63) is 65.0 Å². The molecule has 2 aromatic carbocycles. The van der Waals surface area contributed by atoms with Crippen molar-refractivity contribution in [2.24, 2.45) is 5.10 Å². The predicted octanol–water partition coefficient (Wildman–Crippen LogP) is 3.48. The van der Waals surface area contributed by atoms with Gasteiger partial charge in [-0.3, -0.25) is 4.79 Å². The Kier molecular flexibility index (Phi) is 5.19. The van der Waals surface area contributed by atoms with Crippen LogP contribution in [0.1, 0.15) is 15.2 Å². The van der Waals surface area contributed by atoms with Gasteiger partial charge in [-0.25, -0.2) is 5.43 Å². The highest BCUT2D eigenvalue weighted by atomic mass is 32.1. The number of carbonyl (C=O) groups excluding carboxylic acids is 1. The third kappa shape index (κ3) is 4.01. The molecule has 0 aliphatic heterocycles. The summed E-state index contributed by atoms with van der Waals surface area (Å²) in [6.07, 6.45) is 1.45. The van der Waals surface area contributed by atoms with Gasteiger partial charge in [0.25, 0.3) is 5.91 Å². The maximum atomic E-state index is 12.3. The summed E-state index contributed by atoms with van der Waals surface area (Å²) < 4.78 is 5.14. The fraction of sp³-hybridized carbons (Fsp3) is 0.0526. The zero-order valence-corrected chi connectivity index (χ0v) is 14.8. The Morgan fingerprint density at radius 1 is 1.23 bits per heavy atom. The molecule has 0 aliphatic carbocycles. The Hall–Kier alpha value is -3.32. The number of anilines is 1. The molecule has 6 nitrogen and oxygen atoms in total. The summed E-state index contributed by atoms with van der Waals surface area (Å²) in [7, 11) is 1.61. The van der Waals surface area contributed by atoms with Gasteiger partial charge >= 0.3 is 0 Å². The summed E-state index contributed by atoms with van der Waals surface area (Å²) in [5.74, 6) is 0.508. The molecule has 132 valence electrons. The molecule has 1 amide bonds. The zero-order chi connectivity index (χ0) is 18.5. The van der Waals surface area contributed by atoms with Gasteiger partial charge in [-0.15, -0.1) is 11.3 Å². The van der Waals surface area contributed by atoms with Crippen molar-refractivity contribution in [1.29, 1.82) is 0 Å². The molecule has 0 spiro atoms. The summed E-state index contributed by atoms with van der Waals surface area (Å²) in [6, 6.07) is 15.8. The van der Waals surface area contributed by atoms with E-state index in [1.54, 1.807) is 31.4 Å². The number of thiophene rings is 1. The molecule has 0 saturated carbocycles. The highest BCUT2D eigenvalue weighted by Gasteiger charge is 2.15. The minimum absolute atomic E-state index is 0.131. The highest BCUT2D eigenvalue weighted by Crippen LogP contribution is 2.33. The van der Waals surface area contributed by atoms with Gasteiger partial charge in [-0.2, -0.15) is 5.10 Å². The number of methoxy groups -OCH3 is 1. The minimum Gasteiger partial charge on any atom is -0.508 e. The third-order valence-electron chi connectivity index (χ3n) is 3.59. The average molecular weight is 367 g/mol. The smallest absolute Gasteiger partial charge is 0.283 e. The first-order chi connectivity index (χ1) is 12.6. The average Bonchev–Trinajstić information content (AvgIpc) is 3.03. The molecule has 0 aliphatic rings. The SMILES string of the molecule is COc1ccc(-c2cc(N)c(C(=O)N/N=C\c3cccc(O)c3)s2)cc1. The standard InChI is InChI=1S/C19H17N3O3S/c1-25-15-7-5-13(6-8-15)17-10-16(20)18(26-17)19(24)22-21-11-12-3-2-4-14(23)9-12/h2-11,23H,20H2,1H3,(H,22,24)/b21-11-. The summed E-state index contributed by atoms with van der Waals surface area (Å²) in [6.45, 7) is 0. The summed E-state index contributed by atoms with van der Waals surface area (Å²) in [4.78, 5) is 13.6. The molecule has 0 bridgehead atoms. The van der Waals surface area contributed by atoms with Gasteiger partial charge in [-0.05, 0) is 53.6 Å². The number of hydrogen-bond donors (Lipinski definition) is 3. The Morgan fingerprint density at radius 3 is 2.69 bits per heavy atom. The highest BCUT2D eigenvalue weighted by molar-refractivity contribution is 7.18. The number of nitrogen functional groups attached to an aromatic ring is 1. The van der Waals surface area contributed by atoms with Crippen LogP contribution in [-0.4, -0.2) is 24.3 Å². The van der Waals surface area contributed by atoms with Crippen LogP contribution in [0.4, 0.5) is 5.69 Å². The molecule has 26 heavy (non-hydrogen) atoms. The van der Waals surface area contributed by atoms with Crippen LogP contribution in [-0.2, 0) is 0 Å². The number of rotatable bonds is 5. The fourth-order valence-corrected chi connectivity index (χ4v) is 3.28. The van der Waals surface area contributed by atoms with Gasteiger partial charge < -0.3 is 15.6 Å². The quantitative estimate of drug-likeness (QED) is 0.475. The topological polar surface area (TPSA) is 96.9 Å². The number of phenolic OH excluding ortho intramolecular Hbond substituents is 1. The van der Waals surface area contributed by atoms with Crippen molar-refractivity contribution in [3.8, 4) is 21.9 Å². The van der Waals surface area contributed by atoms with Crippen molar-refractivity contribution >= 4 is 29.1 Å². The summed E-state index contributed by atoms with van der Waals surface area (Å²) >= 11 is 1.29. The van der Waals surface area contributed by atoms with Crippen LogP contribution >= 0.6 is 11.3 Å². The molecule has 1 heterocycles. The van der Waals surface area contributed by atoms with Gasteiger partial charge in [0, 0.05) is 4.88 Å². The maximum Gasteiger partial charge on any atom is 0.283 e. The number of hydrogen-bond acceptors (Lipinski definition) is 6. The van der Waals surface area contributed by atoms with E-state index in [9.17, 15) is 9.90 Å². The van der Waals surface area contributed by atoms with Gasteiger partial charge in [0.1, 0.15) is 16.4 Å². The molecule has 3 aromatic rings. The number of amides is 1. The van der Waals surface area contributed by atoms with E-state index in [1.807, 2.05) is 24.3 Å².